The average Bonchev–Trinajstić information content (AvgIpc) is 3.31. The van der Waals surface area contributed by atoms with E-state index in [-0.39, 0.29) is 18.6 Å². The molecule has 0 saturated carbocycles. The summed E-state index contributed by atoms with van der Waals surface area (Å²) in [5.74, 6) is -0.717. The van der Waals surface area contributed by atoms with Gasteiger partial charge < -0.3 is 20.5 Å². The van der Waals surface area contributed by atoms with Gasteiger partial charge in [-0.1, -0.05) is 43.2 Å². The zero-order valence-corrected chi connectivity index (χ0v) is 18.9. The molecule has 0 aromatic heterocycles. The molecule has 166 valence electrons. The van der Waals surface area contributed by atoms with Crippen molar-refractivity contribution in [3.63, 3.8) is 0 Å². The molecule has 1 aliphatic rings. The van der Waals surface area contributed by atoms with E-state index in [4.69, 9.17) is 22.5 Å². The van der Waals surface area contributed by atoms with Crippen LogP contribution >= 0.6 is 12.6 Å². The molecule has 6 heteroatoms. The fourth-order valence-electron chi connectivity index (χ4n) is 3.97. The molecular formula is C25H32N2O3S. The first kappa shape index (κ1) is 23.2. The summed E-state index contributed by atoms with van der Waals surface area (Å²) in [5, 5.41) is 15.8. The Balaban J connectivity index is 1.72. The lowest BCUT2D eigenvalue weighted by Gasteiger charge is -2.24. The Kier molecular flexibility index (Phi) is 8.85. The van der Waals surface area contributed by atoms with Crippen molar-refractivity contribution in [2.24, 2.45) is 0 Å². The van der Waals surface area contributed by atoms with Gasteiger partial charge in [0.05, 0.1) is 12.3 Å². The molecule has 3 rings (SSSR count). The van der Waals surface area contributed by atoms with E-state index in [1.165, 1.54) is 5.56 Å². The minimum atomic E-state index is -0.717. The highest BCUT2D eigenvalue weighted by Gasteiger charge is 2.21. The van der Waals surface area contributed by atoms with Gasteiger partial charge in [0.15, 0.2) is 0 Å². The number of unbranched alkanes of at least 4 members (excludes halogenated alkanes) is 3. The molecule has 1 aliphatic heterocycles. The molecule has 5 nitrogen and oxygen atoms in total. The molecule has 0 fully saturated rings. The van der Waals surface area contributed by atoms with E-state index in [1.807, 2.05) is 19.2 Å². The van der Waals surface area contributed by atoms with Crippen LogP contribution in [0.5, 0.6) is 0 Å². The molecule has 2 atom stereocenters. The largest absolute Gasteiger partial charge is 0.493 e. The number of carbonyl (C=O) groups is 1. The van der Waals surface area contributed by atoms with Crippen LogP contribution in [0, 0.1) is 0 Å². The van der Waals surface area contributed by atoms with Crippen molar-refractivity contribution in [3.05, 3.63) is 71.5 Å². The van der Waals surface area contributed by atoms with E-state index in [0.717, 1.165) is 60.4 Å². The summed E-state index contributed by atoms with van der Waals surface area (Å²) in [6.07, 6.45) is 8.71. The summed E-state index contributed by atoms with van der Waals surface area (Å²) in [4.78, 5) is 11.6. The fraction of sp³-hybridized carbons (Fsp3) is 0.400. The number of para-hydroxylation sites is 1. The lowest BCUT2D eigenvalue weighted by Crippen LogP contribution is -2.25. The van der Waals surface area contributed by atoms with Gasteiger partial charge in [-0.2, -0.15) is 0 Å². The highest BCUT2D eigenvalue weighted by atomic mass is 32.1. The highest BCUT2D eigenvalue weighted by molar-refractivity contribution is 7.80. The van der Waals surface area contributed by atoms with Crippen LogP contribution in [-0.2, 0) is 9.53 Å². The average molecular weight is 441 g/mol. The Morgan fingerprint density at radius 2 is 1.97 bits per heavy atom. The van der Waals surface area contributed by atoms with Crippen LogP contribution < -0.4 is 10.6 Å². The topological polar surface area (TPSA) is 70.6 Å². The monoisotopic (exact) mass is 440 g/mol. The molecule has 0 spiro atoms. The molecule has 0 radical (unpaired) electrons. The van der Waals surface area contributed by atoms with Gasteiger partial charge >= 0.3 is 5.97 Å². The van der Waals surface area contributed by atoms with Gasteiger partial charge in [0, 0.05) is 30.5 Å². The number of carboxylic acids is 1. The number of ether oxygens (including phenoxy) is 1. The molecule has 0 amide bonds. The van der Waals surface area contributed by atoms with Crippen molar-refractivity contribution < 1.29 is 14.6 Å². The molecule has 2 unspecified atom stereocenters. The van der Waals surface area contributed by atoms with Crippen molar-refractivity contribution in [2.75, 3.05) is 18.9 Å². The van der Waals surface area contributed by atoms with E-state index < -0.39 is 5.97 Å². The first-order valence-corrected chi connectivity index (χ1v) is 11.4. The second kappa shape index (κ2) is 11.8. The quantitative estimate of drug-likeness (QED) is 0.251. The number of aliphatic carboxylic acids is 1. The van der Waals surface area contributed by atoms with Gasteiger partial charge in [0.1, 0.15) is 6.10 Å². The summed E-state index contributed by atoms with van der Waals surface area (Å²) in [6, 6.07) is 14.7. The number of benzene rings is 2. The molecular weight excluding hydrogens is 408 g/mol. The number of nitrogens with one attached hydrogen (secondary N) is 2. The van der Waals surface area contributed by atoms with Gasteiger partial charge in [0.25, 0.3) is 0 Å². The molecule has 2 aromatic rings. The van der Waals surface area contributed by atoms with Gasteiger partial charge in [0.2, 0.25) is 0 Å². The predicted molar refractivity (Wildman–Crippen MR) is 128 cm³/mol. The number of hydrogen-bond acceptors (Lipinski definition) is 5. The third kappa shape index (κ3) is 6.52. The lowest BCUT2D eigenvalue weighted by atomic mass is 9.94. The van der Waals surface area contributed by atoms with Crippen LogP contribution in [0.2, 0.25) is 0 Å². The summed E-state index contributed by atoms with van der Waals surface area (Å²) < 4.78 is 5.67. The maximum Gasteiger partial charge on any atom is 0.303 e. The van der Waals surface area contributed by atoms with Crippen LogP contribution in [0.3, 0.4) is 0 Å². The maximum atomic E-state index is 10.7. The van der Waals surface area contributed by atoms with Gasteiger partial charge in [-0.15, -0.1) is 12.6 Å². The summed E-state index contributed by atoms with van der Waals surface area (Å²) >= 11 is 4.83. The predicted octanol–water partition coefficient (Wildman–Crippen LogP) is 5.71. The lowest BCUT2D eigenvalue weighted by molar-refractivity contribution is -0.137. The number of rotatable bonds is 12. The Morgan fingerprint density at radius 3 is 2.68 bits per heavy atom. The zero-order valence-electron chi connectivity index (χ0n) is 18.0. The highest BCUT2D eigenvalue weighted by Crippen LogP contribution is 2.35. The standard InChI is InChI=1S/C25H32N2O3S/c1-26-21-10-6-5-9-19(21)25(27-15-7-3-2-4-12-24(28)29)20-14-13-18(17-23(20)31)22-11-8-16-30-22/h5-6,8-10,13-14,16-17,22,25-27,31H,2-4,7,11-12,15H2,1H3,(H,28,29). The SMILES string of the molecule is CNc1ccccc1C(NCCCCCCC(=O)O)c1ccc(C2CC=CO2)cc1S. The Bertz CT molecular complexity index is 892. The first-order chi connectivity index (χ1) is 15.1. The van der Waals surface area contributed by atoms with Crippen molar-refractivity contribution in [1.82, 2.24) is 5.32 Å². The third-order valence-electron chi connectivity index (χ3n) is 5.63. The van der Waals surface area contributed by atoms with Crippen molar-refractivity contribution in [1.29, 1.82) is 0 Å². The second-order valence-electron chi connectivity index (χ2n) is 7.83. The van der Waals surface area contributed by atoms with Crippen LogP contribution in [0.1, 0.15) is 67.4 Å². The number of anilines is 1. The molecule has 1 heterocycles. The van der Waals surface area contributed by atoms with Crippen LogP contribution in [0.4, 0.5) is 5.69 Å². The van der Waals surface area contributed by atoms with E-state index >= 15 is 0 Å². The Morgan fingerprint density at radius 1 is 1.16 bits per heavy atom. The van der Waals surface area contributed by atoms with Crippen molar-refractivity contribution in [2.45, 2.75) is 55.6 Å². The van der Waals surface area contributed by atoms with Crippen LogP contribution in [0.15, 0.2) is 59.7 Å². The minimum Gasteiger partial charge on any atom is -0.493 e. The fourth-order valence-corrected chi connectivity index (χ4v) is 4.32. The van der Waals surface area contributed by atoms with Gasteiger partial charge in [-0.05, 0) is 54.3 Å². The summed E-state index contributed by atoms with van der Waals surface area (Å²) in [6.45, 7) is 0.848. The summed E-state index contributed by atoms with van der Waals surface area (Å²) in [5.41, 5.74) is 4.53. The molecule has 2 aromatic carbocycles. The first-order valence-electron chi connectivity index (χ1n) is 10.9. The van der Waals surface area contributed by atoms with E-state index in [2.05, 4.69) is 47.0 Å². The molecule has 3 N–H and O–H groups in total. The number of carboxylic acid groups (broad SMARTS) is 1. The van der Waals surface area contributed by atoms with Gasteiger partial charge in [-0.3, -0.25) is 4.79 Å². The normalized spacial score (nSPS) is 16.1. The van der Waals surface area contributed by atoms with Crippen molar-refractivity contribution >= 4 is 24.3 Å². The number of hydrogen-bond donors (Lipinski definition) is 4. The maximum absolute atomic E-state index is 10.7. The van der Waals surface area contributed by atoms with E-state index in [1.54, 1.807) is 6.26 Å². The van der Waals surface area contributed by atoms with Crippen LogP contribution in [-0.4, -0.2) is 24.7 Å². The number of thiol groups is 1. The summed E-state index contributed by atoms with van der Waals surface area (Å²) in [7, 11) is 1.94. The van der Waals surface area contributed by atoms with Gasteiger partial charge in [-0.25, -0.2) is 0 Å². The Hall–Kier alpha value is -2.44. The zero-order chi connectivity index (χ0) is 22.1. The van der Waals surface area contributed by atoms with Crippen LogP contribution in [0.25, 0.3) is 0 Å². The molecule has 31 heavy (non-hydrogen) atoms. The smallest absolute Gasteiger partial charge is 0.303 e. The minimum absolute atomic E-state index is 0.00633. The molecule has 0 bridgehead atoms. The third-order valence-corrected chi connectivity index (χ3v) is 6.02. The Labute approximate surface area is 190 Å². The van der Waals surface area contributed by atoms with E-state index in [9.17, 15) is 4.79 Å². The van der Waals surface area contributed by atoms with Crippen molar-refractivity contribution in [3.8, 4) is 0 Å². The second-order valence-corrected chi connectivity index (χ2v) is 8.31. The molecule has 0 aliphatic carbocycles. The van der Waals surface area contributed by atoms with E-state index in [0.29, 0.717) is 0 Å². The molecule has 0 saturated heterocycles.